The molecule has 4 heterocycles. The van der Waals surface area contributed by atoms with Crippen molar-refractivity contribution in [2.75, 3.05) is 19.6 Å². The highest BCUT2D eigenvalue weighted by Crippen LogP contribution is 2.35. The normalized spacial score (nSPS) is 26.2. The number of hydrogen-bond acceptors (Lipinski definition) is 2. The molecule has 1 aromatic heterocycles. The maximum Gasteiger partial charge on any atom is 0.258 e. The van der Waals surface area contributed by atoms with Gasteiger partial charge in [-0.3, -0.25) is 4.79 Å². The molecular weight excluding hydrogens is 308 g/mol. The van der Waals surface area contributed by atoms with E-state index in [1.54, 1.807) is 0 Å². The third kappa shape index (κ3) is 2.81. The zero-order valence-electron chi connectivity index (χ0n) is 13.7. The van der Waals surface area contributed by atoms with Gasteiger partial charge in [0.25, 0.3) is 5.56 Å². The molecule has 5 rings (SSSR count). The van der Waals surface area contributed by atoms with E-state index < -0.39 is 0 Å². The lowest BCUT2D eigenvalue weighted by Gasteiger charge is -2.45. The number of aryl methyl sites for hydroxylation is 1. The smallest absolute Gasteiger partial charge is 0.258 e. The van der Waals surface area contributed by atoms with Gasteiger partial charge in [0.1, 0.15) is 0 Å². The average molecular weight is 333 g/mol. The summed E-state index contributed by atoms with van der Waals surface area (Å²) < 4.78 is 2.07. The fourth-order valence-electron chi connectivity index (χ4n) is 4.35. The summed E-state index contributed by atoms with van der Waals surface area (Å²) in [6.45, 7) is 5.68. The Balaban J connectivity index is 0.00000156. The molecule has 0 amide bonds. The maximum absolute atomic E-state index is 13.0. The van der Waals surface area contributed by atoms with Crippen molar-refractivity contribution in [1.82, 2.24) is 9.47 Å². The van der Waals surface area contributed by atoms with Crippen molar-refractivity contribution in [1.29, 1.82) is 0 Å². The van der Waals surface area contributed by atoms with Crippen LogP contribution in [0, 0.1) is 5.92 Å². The minimum atomic E-state index is 0. The predicted molar refractivity (Wildman–Crippen MR) is 97.7 cm³/mol. The van der Waals surface area contributed by atoms with Gasteiger partial charge in [0, 0.05) is 18.1 Å². The van der Waals surface area contributed by atoms with Crippen LogP contribution in [0.3, 0.4) is 0 Å². The van der Waals surface area contributed by atoms with Gasteiger partial charge in [-0.2, -0.15) is 0 Å². The predicted octanol–water partition coefficient (Wildman–Crippen LogP) is 3.64. The van der Waals surface area contributed by atoms with E-state index in [2.05, 4.69) is 28.7 Å². The van der Waals surface area contributed by atoms with Gasteiger partial charge in [0.2, 0.25) is 0 Å². The van der Waals surface area contributed by atoms with Crippen molar-refractivity contribution in [2.24, 2.45) is 5.92 Å². The molecule has 3 saturated heterocycles. The minimum Gasteiger partial charge on any atom is -0.310 e. The van der Waals surface area contributed by atoms with Crippen molar-refractivity contribution in [3.8, 4) is 0 Å². The van der Waals surface area contributed by atoms with Crippen LogP contribution in [-0.2, 0) is 6.42 Å². The number of halogens is 1. The van der Waals surface area contributed by atoms with Crippen molar-refractivity contribution in [2.45, 2.75) is 38.6 Å². The summed E-state index contributed by atoms with van der Waals surface area (Å²) in [5.74, 6) is 0.679. The molecule has 4 heteroatoms. The third-order valence-corrected chi connectivity index (χ3v) is 5.53. The Bertz CT molecular complexity index is 747. The van der Waals surface area contributed by atoms with E-state index >= 15 is 0 Å². The van der Waals surface area contributed by atoms with E-state index in [4.69, 9.17) is 0 Å². The Morgan fingerprint density at radius 3 is 2.43 bits per heavy atom. The van der Waals surface area contributed by atoms with E-state index in [0.29, 0.717) is 12.0 Å². The minimum absolute atomic E-state index is 0. The zero-order valence-corrected chi connectivity index (χ0v) is 14.5. The van der Waals surface area contributed by atoms with Crippen LogP contribution in [0.1, 0.15) is 37.8 Å². The lowest BCUT2D eigenvalue weighted by Crippen LogP contribution is -2.50. The van der Waals surface area contributed by atoms with Crippen LogP contribution < -0.4 is 5.56 Å². The highest BCUT2D eigenvalue weighted by molar-refractivity contribution is 5.85. The first-order valence-electron chi connectivity index (χ1n) is 8.63. The zero-order chi connectivity index (χ0) is 15.1. The Morgan fingerprint density at radius 2 is 1.83 bits per heavy atom. The molecule has 3 aliphatic rings. The number of hydrogen-bond donors (Lipinski definition) is 0. The van der Waals surface area contributed by atoms with Gasteiger partial charge in [0.05, 0.1) is 6.04 Å². The van der Waals surface area contributed by atoms with E-state index in [1.165, 1.54) is 31.5 Å². The summed E-state index contributed by atoms with van der Waals surface area (Å²) in [6.07, 6.45) is 6.81. The van der Waals surface area contributed by atoms with Crippen molar-refractivity contribution < 1.29 is 0 Å². The van der Waals surface area contributed by atoms with E-state index in [0.717, 1.165) is 30.2 Å². The summed E-state index contributed by atoms with van der Waals surface area (Å²) in [6, 6.07) is 8.49. The largest absolute Gasteiger partial charge is 0.310 e. The fourth-order valence-corrected chi connectivity index (χ4v) is 4.35. The monoisotopic (exact) mass is 332 g/mol. The summed E-state index contributed by atoms with van der Waals surface area (Å²) in [7, 11) is 0. The maximum atomic E-state index is 13.0. The molecule has 0 spiro atoms. The lowest BCUT2D eigenvalue weighted by molar-refractivity contribution is 0.0555. The molecule has 0 N–H and O–H groups in total. The van der Waals surface area contributed by atoms with Crippen LogP contribution in [0.2, 0.25) is 0 Å². The fraction of sp³-hybridized carbons (Fsp3) is 0.526. The summed E-state index contributed by atoms with van der Waals surface area (Å²) in [4.78, 5) is 15.5. The molecule has 1 aromatic carbocycles. The number of pyridine rings is 1. The van der Waals surface area contributed by atoms with Gasteiger partial charge in [-0.15, -0.1) is 12.4 Å². The van der Waals surface area contributed by atoms with Crippen LogP contribution in [0.15, 0.2) is 35.3 Å². The second-order valence-corrected chi connectivity index (χ2v) is 6.87. The van der Waals surface area contributed by atoms with Crippen LogP contribution in [0.25, 0.3) is 10.8 Å². The quantitative estimate of drug-likeness (QED) is 0.857. The Morgan fingerprint density at radius 1 is 1.13 bits per heavy atom. The average Bonchev–Trinajstić information content (AvgIpc) is 2.58. The lowest BCUT2D eigenvalue weighted by atomic mass is 9.83. The van der Waals surface area contributed by atoms with Crippen LogP contribution in [0.4, 0.5) is 0 Å². The van der Waals surface area contributed by atoms with Crippen LogP contribution in [0.5, 0.6) is 0 Å². The Hall–Kier alpha value is -1.32. The molecule has 23 heavy (non-hydrogen) atoms. The van der Waals surface area contributed by atoms with Crippen LogP contribution >= 0.6 is 12.4 Å². The molecule has 0 radical (unpaired) electrons. The van der Waals surface area contributed by atoms with Gasteiger partial charge >= 0.3 is 0 Å². The second kappa shape index (κ2) is 6.66. The molecule has 1 unspecified atom stereocenters. The highest BCUT2D eigenvalue weighted by Gasteiger charge is 2.35. The topological polar surface area (TPSA) is 25.2 Å². The molecule has 124 valence electrons. The summed E-state index contributed by atoms with van der Waals surface area (Å²) in [5.41, 5.74) is 1.53. The second-order valence-electron chi connectivity index (χ2n) is 6.87. The Labute approximate surface area is 143 Å². The number of benzene rings is 1. The molecule has 0 aliphatic carbocycles. The van der Waals surface area contributed by atoms with Gasteiger partial charge in [-0.25, -0.2) is 0 Å². The van der Waals surface area contributed by atoms with Crippen molar-refractivity contribution >= 4 is 23.2 Å². The van der Waals surface area contributed by atoms with Crippen LogP contribution in [-0.4, -0.2) is 29.1 Å². The molecular formula is C19H25ClN2O. The first-order valence-corrected chi connectivity index (χ1v) is 8.63. The molecule has 2 bridgehead atoms. The number of aromatic nitrogens is 1. The first-order chi connectivity index (χ1) is 10.8. The van der Waals surface area contributed by atoms with Gasteiger partial charge in [-0.05, 0) is 55.3 Å². The number of piperidine rings is 3. The standard InChI is InChI=1S/C19H24N2O.ClH/c1-2-5-15-12-21(18-13-20-10-8-14(18)9-11-20)19(22)17-7-4-3-6-16(15)17;/h3-4,6-7,12,14,18H,2,5,8-11,13H2,1H3;1H. The number of fused-ring (bicyclic) bond motifs is 4. The number of rotatable bonds is 3. The van der Waals surface area contributed by atoms with Gasteiger partial charge in [0.15, 0.2) is 0 Å². The van der Waals surface area contributed by atoms with E-state index in [9.17, 15) is 4.79 Å². The summed E-state index contributed by atoms with van der Waals surface area (Å²) >= 11 is 0. The number of nitrogens with zero attached hydrogens (tertiary/aromatic N) is 2. The highest BCUT2D eigenvalue weighted by atomic mass is 35.5. The molecule has 1 atom stereocenters. The third-order valence-electron chi connectivity index (χ3n) is 5.53. The van der Waals surface area contributed by atoms with E-state index in [-0.39, 0.29) is 18.0 Å². The van der Waals surface area contributed by atoms with Crippen molar-refractivity contribution in [3.05, 3.63) is 46.4 Å². The molecule has 3 aliphatic heterocycles. The Kier molecular flexibility index (Phi) is 4.79. The van der Waals surface area contributed by atoms with Gasteiger partial charge < -0.3 is 9.47 Å². The van der Waals surface area contributed by atoms with E-state index in [1.807, 2.05) is 18.2 Å². The molecule has 3 fully saturated rings. The molecule has 0 saturated carbocycles. The van der Waals surface area contributed by atoms with Crippen molar-refractivity contribution in [3.63, 3.8) is 0 Å². The first kappa shape index (κ1) is 16.5. The SMILES string of the molecule is CCCc1cn(C2CN3CCC2CC3)c(=O)c2ccccc12.Cl. The van der Waals surface area contributed by atoms with Gasteiger partial charge in [-0.1, -0.05) is 31.5 Å². The molecule has 3 nitrogen and oxygen atoms in total. The summed E-state index contributed by atoms with van der Waals surface area (Å²) in [5, 5.41) is 2.04. The molecule has 2 aromatic rings.